The minimum absolute atomic E-state index is 0.360. The number of rotatable bonds is 1. The highest BCUT2D eigenvalue weighted by molar-refractivity contribution is 4.94. The van der Waals surface area contributed by atoms with Crippen molar-refractivity contribution in [3.05, 3.63) is 0 Å². The Morgan fingerprint density at radius 3 is 2.08 bits per heavy atom. The monoisotopic (exact) mass is 184 g/mol. The van der Waals surface area contributed by atoms with E-state index < -0.39 is 0 Å². The molecule has 2 atom stereocenters. The zero-order chi connectivity index (χ0) is 10.3. The molecular formula is C12H24O. The maximum Gasteiger partial charge on any atom is 0.0673 e. The maximum absolute atomic E-state index is 10.3. The lowest BCUT2D eigenvalue weighted by atomic mass is 9.77. The molecule has 2 unspecified atom stereocenters. The Morgan fingerprint density at radius 1 is 1.31 bits per heavy atom. The normalized spacial score (nSPS) is 35.8. The molecule has 1 heteroatoms. The molecule has 0 heterocycles. The standard InChI is InChI=1S/C12H24O/c1-9(2)12(13)7-6-10(8-12)11(3,4)5/h9-10,13H,6-8H2,1-5H3. The molecule has 1 rings (SSSR count). The van der Waals surface area contributed by atoms with Crippen molar-refractivity contribution in [1.29, 1.82) is 0 Å². The van der Waals surface area contributed by atoms with Crippen LogP contribution in [0, 0.1) is 17.3 Å². The summed E-state index contributed by atoms with van der Waals surface area (Å²) in [4.78, 5) is 0. The molecule has 1 fully saturated rings. The van der Waals surface area contributed by atoms with Gasteiger partial charge in [-0.25, -0.2) is 0 Å². The van der Waals surface area contributed by atoms with E-state index in [2.05, 4.69) is 34.6 Å². The van der Waals surface area contributed by atoms with Crippen molar-refractivity contribution >= 4 is 0 Å². The molecule has 1 aliphatic carbocycles. The topological polar surface area (TPSA) is 20.2 Å². The fourth-order valence-electron chi connectivity index (χ4n) is 2.32. The quantitative estimate of drug-likeness (QED) is 0.663. The number of hydrogen-bond acceptors (Lipinski definition) is 1. The SMILES string of the molecule is CC(C)C1(O)CCC(C(C)(C)C)C1. The van der Waals surface area contributed by atoms with E-state index in [-0.39, 0.29) is 5.60 Å². The van der Waals surface area contributed by atoms with Gasteiger partial charge in [0, 0.05) is 0 Å². The number of hydrogen-bond donors (Lipinski definition) is 1. The van der Waals surface area contributed by atoms with Crippen LogP contribution in [0.5, 0.6) is 0 Å². The van der Waals surface area contributed by atoms with Gasteiger partial charge in [-0.2, -0.15) is 0 Å². The van der Waals surface area contributed by atoms with Gasteiger partial charge in [0.15, 0.2) is 0 Å². The predicted molar refractivity (Wildman–Crippen MR) is 56.6 cm³/mol. The van der Waals surface area contributed by atoms with E-state index in [1.54, 1.807) is 0 Å². The van der Waals surface area contributed by atoms with E-state index in [9.17, 15) is 5.11 Å². The molecule has 13 heavy (non-hydrogen) atoms. The van der Waals surface area contributed by atoms with Crippen molar-refractivity contribution in [3.63, 3.8) is 0 Å². The fourth-order valence-corrected chi connectivity index (χ4v) is 2.32. The van der Waals surface area contributed by atoms with Crippen molar-refractivity contribution in [2.75, 3.05) is 0 Å². The van der Waals surface area contributed by atoms with E-state index in [1.165, 1.54) is 6.42 Å². The summed E-state index contributed by atoms with van der Waals surface area (Å²) in [6.45, 7) is 11.1. The van der Waals surface area contributed by atoms with Crippen LogP contribution in [0.2, 0.25) is 0 Å². The Balaban J connectivity index is 2.64. The molecule has 0 aliphatic heterocycles. The predicted octanol–water partition coefficient (Wildman–Crippen LogP) is 3.22. The summed E-state index contributed by atoms with van der Waals surface area (Å²) in [5, 5.41) is 10.3. The van der Waals surface area contributed by atoms with E-state index >= 15 is 0 Å². The molecule has 0 aromatic carbocycles. The minimum Gasteiger partial charge on any atom is -0.390 e. The van der Waals surface area contributed by atoms with Gasteiger partial charge in [0.25, 0.3) is 0 Å². The van der Waals surface area contributed by atoms with E-state index in [4.69, 9.17) is 0 Å². The summed E-state index contributed by atoms with van der Waals surface area (Å²) >= 11 is 0. The molecule has 0 bridgehead atoms. The molecule has 1 saturated carbocycles. The van der Waals surface area contributed by atoms with Gasteiger partial charge < -0.3 is 5.11 Å². The summed E-state index contributed by atoms with van der Waals surface area (Å²) < 4.78 is 0. The second-order valence-corrected chi connectivity index (χ2v) is 6.06. The molecule has 0 amide bonds. The molecule has 0 aromatic heterocycles. The Morgan fingerprint density at radius 2 is 1.85 bits per heavy atom. The van der Waals surface area contributed by atoms with Gasteiger partial charge >= 0.3 is 0 Å². The van der Waals surface area contributed by atoms with E-state index in [0.29, 0.717) is 17.3 Å². The first-order valence-corrected chi connectivity index (χ1v) is 5.48. The van der Waals surface area contributed by atoms with Gasteiger partial charge in [0.05, 0.1) is 5.60 Å². The molecule has 78 valence electrons. The molecule has 0 radical (unpaired) electrons. The van der Waals surface area contributed by atoms with Crippen LogP contribution < -0.4 is 0 Å². The van der Waals surface area contributed by atoms with Crippen molar-refractivity contribution < 1.29 is 5.11 Å². The highest BCUT2D eigenvalue weighted by atomic mass is 16.3. The third-order valence-corrected chi connectivity index (χ3v) is 3.83. The van der Waals surface area contributed by atoms with Crippen LogP contribution in [0.3, 0.4) is 0 Å². The summed E-state index contributed by atoms with van der Waals surface area (Å²) in [6, 6.07) is 0. The Kier molecular flexibility index (Phi) is 2.78. The lowest BCUT2D eigenvalue weighted by Gasteiger charge is -2.31. The van der Waals surface area contributed by atoms with Gasteiger partial charge in [-0.15, -0.1) is 0 Å². The van der Waals surface area contributed by atoms with Gasteiger partial charge in [-0.05, 0) is 36.5 Å². The Bertz CT molecular complexity index is 178. The maximum atomic E-state index is 10.3. The Hall–Kier alpha value is -0.0400. The van der Waals surface area contributed by atoms with Crippen LogP contribution in [0.15, 0.2) is 0 Å². The zero-order valence-corrected chi connectivity index (χ0v) is 9.72. The summed E-state index contributed by atoms with van der Waals surface area (Å²) in [5.74, 6) is 1.10. The first-order chi connectivity index (χ1) is 5.76. The third kappa shape index (κ3) is 2.25. The zero-order valence-electron chi connectivity index (χ0n) is 9.72. The molecule has 0 aromatic rings. The number of aliphatic hydroxyl groups is 1. The van der Waals surface area contributed by atoms with Gasteiger partial charge in [-0.1, -0.05) is 34.6 Å². The molecule has 1 aliphatic rings. The van der Waals surface area contributed by atoms with Crippen LogP contribution in [-0.4, -0.2) is 10.7 Å². The molecule has 0 saturated heterocycles. The minimum atomic E-state index is -0.377. The third-order valence-electron chi connectivity index (χ3n) is 3.83. The van der Waals surface area contributed by atoms with Crippen LogP contribution >= 0.6 is 0 Å². The van der Waals surface area contributed by atoms with Crippen molar-refractivity contribution in [3.8, 4) is 0 Å². The first-order valence-electron chi connectivity index (χ1n) is 5.48. The van der Waals surface area contributed by atoms with E-state index in [1.807, 2.05) is 0 Å². The average molecular weight is 184 g/mol. The van der Waals surface area contributed by atoms with Crippen LogP contribution in [-0.2, 0) is 0 Å². The lowest BCUT2D eigenvalue weighted by Crippen LogP contribution is -2.32. The van der Waals surface area contributed by atoms with Crippen LogP contribution in [0.1, 0.15) is 53.9 Å². The van der Waals surface area contributed by atoms with Crippen molar-refractivity contribution in [1.82, 2.24) is 0 Å². The summed E-state index contributed by atoms with van der Waals surface area (Å²) in [5.41, 5.74) is -0.0166. The Labute approximate surface area is 82.5 Å². The van der Waals surface area contributed by atoms with Crippen LogP contribution in [0.4, 0.5) is 0 Å². The van der Waals surface area contributed by atoms with Crippen molar-refractivity contribution in [2.24, 2.45) is 17.3 Å². The summed E-state index contributed by atoms with van der Waals surface area (Å²) in [7, 11) is 0. The highest BCUT2D eigenvalue weighted by Crippen LogP contribution is 2.46. The molecule has 1 nitrogen and oxygen atoms in total. The smallest absolute Gasteiger partial charge is 0.0673 e. The van der Waals surface area contributed by atoms with Gasteiger partial charge in [0.1, 0.15) is 0 Å². The molecular weight excluding hydrogens is 160 g/mol. The molecule has 1 N–H and O–H groups in total. The lowest BCUT2D eigenvalue weighted by molar-refractivity contribution is -0.00697. The fraction of sp³-hybridized carbons (Fsp3) is 1.00. The second-order valence-electron chi connectivity index (χ2n) is 6.06. The average Bonchev–Trinajstić information content (AvgIpc) is 2.31. The highest BCUT2D eigenvalue weighted by Gasteiger charge is 2.43. The van der Waals surface area contributed by atoms with Gasteiger partial charge in [0.2, 0.25) is 0 Å². The summed E-state index contributed by atoms with van der Waals surface area (Å²) in [6.07, 6.45) is 3.18. The van der Waals surface area contributed by atoms with Gasteiger partial charge in [-0.3, -0.25) is 0 Å². The second kappa shape index (κ2) is 3.27. The van der Waals surface area contributed by atoms with Crippen molar-refractivity contribution in [2.45, 2.75) is 59.5 Å². The van der Waals surface area contributed by atoms with E-state index in [0.717, 1.165) is 12.8 Å². The van der Waals surface area contributed by atoms with Crippen LogP contribution in [0.25, 0.3) is 0 Å². The molecule has 0 spiro atoms. The first kappa shape index (κ1) is 11.0. The largest absolute Gasteiger partial charge is 0.390 e.